The number of allylic oxidation sites excluding steroid dienone is 26. The molecule has 2 atom stereocenters. The SMILES string of the molecule is CC/C=C\C/C=C\C/C=C\C/C=C\C/C=C\C/C=C\C/C=C\C/C=C\C/C=C\C/C=C\CCCCC(=O)OC(COC(=O)CCCCCCCCCCCCCCCC/C=C\C/C=C\C/C=C\CCCCCCC)COP(=O)(O)OCC[N+](C)(C)C. The Morgan fingerprint density at radius 3 is 1.01 bits per heavy atom. The molecule has 0 aromatic heterocycles. The van der Waals surface area contributed by atoms with Gasteiger partial charge < -0.3 is 18.9 Å². The second-order valence-electron chi connectivity index (χ2n) is 23.5. The zero-order valence-electron chi connectivity index (χ0n) is 55.5. The summed E-state index contributed by atoms with van der Waals surface area (Å²) in [5, 5.41) is 0. The molecule has 0 aromatic carbocycles. The average Bonchev–Trinajstić information content (AvgIpc) is 3.70. The maximum atomic E-state index is 12.9. The van der Waals surface area contributed by atoms with Gasteiger partial charge in [-0.05, 0) is 128 Å². The van der Waals surface area contributed by atoms with Crippen molar-refractivity contribution in [3.8, 4) is 0 Å². The van der Waals surface area contributed by atoms with E-state index in [1.54, 1.807) is 0 Å². The molecule has 0 aliphatic heterocycles. The van der Waals surface area contributed by atoms with Crippen molar-refractivity contribution in [2.75, 3.05) is 47.5 Å². The Kier molecular flexibility index (Phi) is 61.8. The smallest absolute Gasteiger partial charge is 0.462 e. The summed E-state index contributed by atoms with van der Waals surface area (Å²) < 4.78 is 34.6. The molecule has 0 spiro atoms. The Morgan fingerprint density at radius 2 is 0.663 bits per heavy atom. The molecule has 0 fully saturated rings. The summed E-state index contributed by atoms with van der Waals surface area (Å²) in [5.74, 6) is -0.857. The zero-order valence-corrected chi connectivity index (χ0v) is 56.4. The molecule has 0 radical (unpaired) electrons. The number of ether oxygens (including phenoxy) is 2. The van der Waals surface area contributed by atoms with Crippen molar-refractivity contribution in [2.45, 2.75) is 264 Å². The van der Waals surface area contributed by atoms with Crippen LogP contribution < -0.4 is 0 Å². The minimum absolute atomic E-state index is 0.0146. The van der Waals surface area contributed by atoms with Crippen LogP contribution >= 0.6 is 7.82 Å². The van der Waals surface area contributed by atoms with Crippen molar-refractivity contribution in [3.63, 3.8) is 0 Å². The van der Waals surface area contributed by atoms with Crippen LogP contribution in [-0.4, -0.2) is 74.9 Å². The summed E-state index contributed by atoms with van der Waals surface area (Å²) in [6, 6.07) is 0. The third kappa shape index (κ3) is 68.7. The predicted octanol–water partition coefficient (Wildman–Crippen LogP) is 22.4. The molecule has 488 valence electrons. The summed E-state index contributed by atoms with van der Waals surface area (Å²) in [5.41, 5.74) is 0. The molecule has 0 bridgehead atoms. The first kappa shape index (κ1) is 81.6. The van der Waals surface area contributed by atoms with E-state index in [1.807, 2.05) is 21.1 Å². The number of carbonyl (C=O) groups is 2. The monoisotopic (exact) mass is 1210 g/mol. The maximum Gasteiger partial charge on any atom is 0.472 e. The number of hydrogen-bond acceptors (Lipinski definition) is 7. The highest BCUT2D eigenvalue weighted by Crippen LogP contribution is 2.43. The van der Waals surface area contributed by atoms with Crippen LogP contribution in [0.4, 0.5) is 0 Å². The van der Waals surface area contributed by atoms with Gasteiger partial charge in [-0.15, -0.1) is 0 Å². The second-order valence-corrected chi connectivity index (χ2v) is 24.9. The number of hydrogen-bond donors (Lipinski definition) is 1. The lowest BCUT2D eigenvalue weighted by Crippen LogP contribution is -2.37. The first-order chi connectivity index (χ1) is 42.0. The van der Waals surface area contributed by atoms with Crippen LogP contribution in [0.2, 0.25) is 0 Å². The molecular weight excluding hydrogens is 1090 g/mol. The highest BCUT2D eigenvalue weighted by molar-refractivity contribution is 7.47. The number of carbonyl (C=O) groups excluding carboxylic acids is 2. The molecule has 0 heterocycles. The topological polar surface area (TPSA) is 108 Å². The lowest BCUT2D eigenvalue weighted by atomic mass is 10.0. The standard InChI is InChI=1S/C76H126NO8P/c1-6-8-10-12-14-16-18-20-22-24-26-28-30-32-34-36-37-38-39-41-43-45-47-49-51-53-55-57-59-61-63-65-67-69-76(79)85-74(73-84-86(80,81)83-71-70-77(3,4)5)72-82-75(78)68-66-64-62-60-58-56-54-52-50-48-46-44-42-40-35-33-31-29-27-25-23-21-19-17-15-13-11-9-7-2/h8,10,14,16,19-22,25-28,31-34,37-38,41,43,47,49,53,55,59,61,74H,6-7,9,11-13,15,17-18,23-24,29-30,35-36,39-40,42,44-46,48,50-52,54,56-58,60,62-73H2,1-5H3/p+1/b10-8-,16-14-,21-19-,22-20-,27-25-,28-26-,33-31-,34-32-,38-37-,43-41-,49-47-,55-53-,61-59-. The van der Waals surface area contributed by atoms with Gasteiger partial charge in [0.1, 0.15) is 19.8 Å². The van der Waals surface area contributed by atoms with Crippen LogP contribution in [0.15, 0.2) is 158 Å². The Hall–Kier alpha value is -4.37. The fourth-order valence-corrected chi connectivity index (χ4v) is 9.56. The van der Waals surface area contributed by atoms with Gasteiger partial charge in [0, 0.05) is 12.8 Å². The molecule has 0 rings (SSSR count). The summed E-state index contributed by atoms with van der Waals surface area (Å²) in [7, 11) is 1.43. The van der Waals surface area contributed by atoms with E-state index in [0.29, 0.717) is 17.4 Å². The van der Waals surface area contributed by atoms with E-state index in [2.05, 4.69) is 172 Å². The minimum Gasteiger partial charge on any atom is -0.462 e. The Morgan fingerprint density at radius 1 is 0.372 bits per heavy atom. The number of likely N-dealkylation sites (N-methyl/N-ethyl adjacent to an activating group) is 1. The van der Waals surface area contributed by atoms with Crippen molar-refractivity contribution in [1.29, 1.82) is 0 Å². The molecule has 0 aliphatic carbocycles. The van der Waals surface area contributed by atoms with Gasteiger partial charge in [-0.3, -0.25) is 18.6 Å². The van der Waals surface area contributed by atoms with Gasteiger partial charge >= 0.3 is 19.8 Å². The van der Waals surface area contributed by atoms with E-state index < -0.39 is 26.5 Å². The highest BCUT2D eigenvalue weighted by atomic mass is 31.2. The van der Waals surface area contributed by atoms with Crippen molar-refractivity contribution in [1.82, 2.24) is 0 Å². The van der Waals surface area contributed by atoms with Gasteiger partial charge in [-0.25, -0.2) is 4.57 Å². The number of phosphoric ester groups is 1. The van der Waals surface area contributed by atoms with Crippen molar-refractivity contribution in [2.24, 2.45) is 0 Å². The Balaban J connectivity index is 4.22. The first-order valence-corrected chi connectivity index (χ1v) is 35.7. The molecule has 9 nitrogen and oxygen atoms in total. The number of quaternary nitrogens is 1. The number of esters is 2. The number of unbranched alkanes of at least 4 members (excludes halogenated alkanes) is 21. The summed E-state index contributed by atoms with van der Waals surface area (Å²) in [6.07, 6.45) is 97.7. The second kappa shape index (κ2) is 65.1. The molecule has 1 N–H and O–H groups in total. The summed E-state index contributed by atoms with van der Waals surface area (Å²) in [6.45, 7) is 4.25. The number of rotatable bonds is 61. The molecule has 0 amide bonds. The zero-order chi connectivity index (χ0) is 62.6. The largest absolute Gasteiger partial charge is 0.472 e. The molecule has 0 saturated carbocycles. The molecule has 0 saturated heterocycles. The minimum atomic E-state index is -4.42. The van der Waals surface area contributed by atoms with E-state index in [1.165, 1.54) is 116 Å². The number of phosphoric acid groups is 1. The van der Waals surface area contributed by atoms with Crippen LogP contribution in [0, 0.1) is 0 Å². The average molecular weight is 1210 g/mol. The van der Waals surface area contributed by atoms with E-state index in [9.17, 15) is 19.0 Å². The summed E-state index contributed by atoms with van der Waals surface area (Å²) >= 11 is 0. The van der Waals surface area contributed by atoms with Crippen LogP contribution in [0.5, 0.6) is 0 Å². The van der Waals surface area contributed by atoms with Crippen LogP contribution in [0.25, 0.3) is 0 Å². The van der Waals surface area contributed by atoms with Crippen molar-refractivity contribution >= 4 is 19.8 Å². The van der Waals surface area contributed by atoms with E-state index in [0.717, 1.165) is 109 Å². The Bertz CT molecular complexity index is 2010. The lowest BCUT2D eigenvalue weighted by molar-refractivity contribution is -0.870. The Labute approximate surface area is 528 Å². The molecule has 10 heteroatoms. The van der Waals surface area contributed by atoms with Gasteiger partial charge in [0.05, 0.1) is 27.7 Å². The molecular formula is C76H127NO8P+. The summed E-state index contributed by atoms with van der Waals surface area (Å²) in [4.78, 5) is 35.8. The fourth-order valence-electron chi connectivity index (χ4n) is 8.82. The lowest BCUT2D eigenvalue weighted by Gasteiger charge is -2.24. The maximum absolute atomic E-state index is 12.9. The first-order valence-electron chi connectivity index (χ1n) is 34.2. The van der Waals surface area contributed by atoms with Gasteiger partial charge in [-0.2, -0.15) is 0 Å². The third-order valence-corrected chi connectivity index (χ3v) is 15.0. The third-order valence-electron chi connectivity index (χ3n) is 14.0. The molecule has 86 heavy (non-hydrogen) atoms. The van der Waals surface area contributed by atoms with Crippen LogP contribution in [0.1, 0.15) is 258 Å². The number of nitrogens with zero attached hydrogens (tertiary/aromatic N) is 1. The predicted molar refractivity (Wildman–Crippen MR) is 371 cm³/mol. The van der Waals surface area contributed by atoms with Gasteiger partial charge in [0.2, 0.25) is 0 Å². The van der Waals surface area contributed by atoms with Crippen LogP contribution in [0.3, 0.4) is 0 Å². The van der Waals surface area contributed by atoms with Crippen molar-refractivity contribution in [3.05, 3.63) is 158 Å². The normalized spacial score (nSPS) is 14.2. The van der Waals surface area contributed by atoms with Crippen LogP contribution in [-0.2, 0) is 32.7 Å². The molecule has 2 unspecified atom stereocenters. The van der Waals surface area contributed by atoms with E-state index in [4.69, 9.17) is 18.5 Å². The van der Waals surface area contributed by atoms with Gasteiger partial charge in [-0.1, -0.05) is 275 Å². The fraction of sp³-hybridized carbons (Fsp3) is 0.632. The van der Waals surface area contributed by atoms with Crippen molar-refractivity contribution < 1.29 is 42.1 Å². The quantitative estimate of drug-likeness (QED) is 0.0211. The molecule has 0 aliphatic rings. The van der Waals surface area contributed by atoms with E-state index in [-0.39, 0.29) is 32.0 Å². The van der Waals surface area contributed by atoms with Gasteiger partial charge in [0.15, 0.2) is 6.10 Å². The highest BCUT2D eigenvalue weighted by Gasteiger charge is 2.27. The van der Waals surface area contributed by atoms with E-state index >= 15 is 0 Å². The molecule has 0 aromatic rings. The van der Waals surface area contributed by atoms with Gasteiger partial charge in [0.25, 0.3) is 0 Å².